The van der Waals surface area contributed by atoms with Crippen LogP contribution in [0.5, 0.6) is 0 Å². The van der Waals surface area contributed by atoms with Crippen LogP contribution in [0.3, 0.4) is 0 Å². The van der Waals surface area contributed by atoms with E-state index < -0.39 is 11.5 Å². The van der Waals surface area contributed by atoms with Crippen molar-refractivity contribution in [2.24, 2.45) is 11.8 Å². The highest BCUT2D eigenvalue weighted by Gasteiger charge is 2.33. The van der Waals surface area contributed by atoms with Gasteiger partial charge in [0.2, 0.25) is 0 Å². The van der Waals surface area contributed by atoms with Crippen LogP contribution < -0.4 is 10.6 Å². The van der Waals surface area contributed by atoms with Crippen molar-refractivity contribution in [3.8, 4) is 12.3 Å². The normalized spacial score (nSPS) is 23.2. The van der Waals surface area contributed by atoms with Crippen molar-refractivity contribution in [1.29, 1.82) is 0 Å². The van der Waals surface area contributed by atoms with Crippen molar-refractivity contribution in [3.05, 3.63) is 0 Å². The zero-order valence-electron chi connectivity index (χ0n) is 10.8. The Morgan fingerprint density at radius 3 is 2.67 bits per heavy atom. The minimum Gasteiger partial charge on any atom is -0.481 e. The van der Waals surface area contributed by atoms with Crippen LogP contribution in [0.1, 0.15) is 33.1 Å². The van der Waals surface area contributed by atoms with Crippen LogP contribution in [0.4, 0.5) is 4.79 Å². The van der Waals surface area contributed by atoms with E-state index in [9.17, 15) is 9.59 Å². The van der Waals surface area contributed by atoms with Gasteiger partial charge in [-0.15, -0.1) is 6.42 Å². The number of aliphatic carboxylic acids is 1. The Labute approximate surface area is 107 Å². The van der Waals surface area contributed by atoms with Gasteiger partial charge in [0.15, 0.2) is 0 Å². The fraction of sp³-hybridized carbons (Fsp3) is 0.692. The smallest absolute Gasteiger partial charge is 0.315 e. The van der Waals surface area contributed by atoms with Gasteiger partial charge in [0, 0.05) is 6.54 Å². The second-order valence-corrected chi connectivity index (χ2v) is 5.24. The van der Waals surface area contributed by atoms with Crippen LogP contribution >= 0.6 is 0 Å². The number of hydrogen-bond donors (Lipinski definition) is 3. The molecule has 5 heteroatoms. The number of carboxylic acids is 1. The Kier molecular flexibility index (Phi) is 4.60. The van der Waals surface area contributed by atoms with E-state index in [1.165, 1.54) is 0 Å². The van der Waals surface area contributed by atoms with Crippen molar-refractivity contribution < 1.29 is 14.7 Å². The third kappa shape index (κ3) is 3.95. The summed E-state index contributed by atoms with van der Waals surface area (Å²) >= 11 is 0. The summed E-state index contributed by atoms with van der Waals surface area (Å²) in [7, 11) is 0. The van der Waals surface area contributed by atoms with Gasteiger partial charge in [-0.2, -0.15) is 0 Å². The van der Waals surface area contributed by atoms with E-state index in [4.69, 9.17) is 11.5 Å². The lowest BCUT2D eigenvalue weighted by molar-refractivity contribution is -0.142. The molecule has 0 bridgehead atoms. The number of amides is 2. The minimum atomic E-state index is -0.774. The van der Waals surface area contributed by atoms with Crippen molar-refractivity contribution in [2.45, 2.75) is 38.6 Å². The molecule has 2 unspecified atom stereocenters. The van der Waals surface area contributed by atoms with Gasteiger partial charge in [-0.3, -0.25) is 4.79 Å². The van der Waals surface area contributed by atoms with Gasteiger partial charge >= 0.3 is 12.0 Å². The molecule has 3 N–H and O–H groups in total. The first-order valence-electron chi connectivity index (χ1n) is 6.12. The van der Waals surface area contributed by atoms with E-state index in [1.54, 1.807) is 13.8 Å². The van der Waals surface area contributed by atoms with E-state index in [-0.39, 0.29) is 17.9 Å². The lowest BCUT2D eigenvalue weighted by Crippen LogP contribution is -2.48. The van der Waals surface area contributed by atoms with Crippen LogP contribution in [0.2, 0.25) is 0 Å². The third-order valence-electron chi connectivity index (χ3n) is 3.29. The number of urea groups is 1. The first kappa shape index (κ1) is 14.4. The molecule has 18 heavy (non-hydrogen) atoms. The predicted molar refractivity (Wildman–Crippen MR) is 67.9 cm³/mol. The van der Waals surface area contributed by atoms with Crippen molar-refractivity contribution in [2.75, 3.05) is 6.54 Å². The average molecular weight is 252 g/mol. The van der Waals surface area contributed by atoms with Crippen LogP contribution in [-0.2, 0) is 4.79 Å². The summed E-state index contributed by atoms with van der Waals surface area (Å²) in [4.78, 5) is 22.6. The number of carboxylic acid groups (broad SMARTS) is 1. The summed E-state index contributed by atoms with van der Waals surface area (Å²) in [6, 6.07) is -0.353. The fourth-order valence-corrected chi connectivity index (χ4v) is 2.19. The highest BCUT2D eigenvalue weighted by atomic mass is 16.4. The van der Waals surface area contributed by atoms with E-state index in [0.717, 1.165) is 12.8 Å². The largest absolute Gasteiger partial charge is 0.481 e. The van der Waals surface area contributed by atoms with Crippen LogP contribution in [0, 0.1) is 24.2 Å². The summed E-state index contributed by atoms with van der Waals surface area (Å²) in [6.45, 7) is 3.83. The lowest BCUT2D eigenvalue weighted by Gasteiger charge is -2.22. The van der Waals surface area contributed by atoms with Gasteiger partial charge in [-0.25, -0.2) is 4.79 Å². The van der Waals surface area contributed by atoms with E-state index in [0.29, 0.717) is 13.0 Å². The SMILES string of the molecule is C#CC(C)(C)NC(=O)NCC1CCCC1C(=O)O. The highest BCUT2D eigenvalue weighted by molar-refractivity contribution is 5.75. The lowest BCUT2D eigenvalue weighted by atomic mass is 9.96. The minimum absolute atomic E-state index is 0.0159. The Balaban J connectivity index is 2.39. The Hall–Kier alpha value is -1.70. The third-order valence-corrected chi connectivity index (χ3v) is 3.29. The zero-order valence-corrected chi connectivity index (χ0v) is 10.8. The van der Waals surface area contributed by atoms with Gasteiger partial charge in [-0.1, -0.05) is 12.3 Å². The molecule has 0 radical (unpaired) electrons. The maximum Gasteiger partial charge on any atom is 0.315 e. The molecule has 0 aromatic rings. The summed E-state index contributed by atoms with van der Waals surface area (Å²) in [5.74, 6) is 1.36. The molecule has 0 heterocycles. The molecule has 0 saturated heterocycles. The molecule has 2 amide bonds. The number of hydrogen-bond acceptors (Lipinski definition) is 2. The molecule has 1 aliphatic rings. The van der Waals surface area contributed by atoms with Gasteiger partial charge < -0.3 is 15.7 Å². The number of terminal acetylenes is 1. The second kappa shape index (κ2) is 5.76. The molecule has 1 fully saturated rings. The first-order chi connectivity index (χ1) is 8.35. The van der Waals surface area contributed by atoms with Gasteiger partial charge in [-0.05, 0) is 32.6 Å². The molecule has 0 spiro atoms. The molecule has 1 saturated carbocycles. The van der Waals surface area contributed by atoms with Crippen molar-refractivity contribution in [1.82, 2.24) is 10.6 Å². The van der Waals surface area contributed by atoms with Crippen molar-refractivity contribution in [3.63, 3.8) is 0 Å². The molecular weight excluding hydrogens is 232 g/mol. The van der Waals surface area contributed by atoms with Crippen molar-refractivity contribution >= 4 is 12.0 Å². The summed E-state index contributed by atoms with van der Waals surface area (Å²) in [5.41, 5.74) is -0.702. The van der Waals surface area contributed by atoms with E-state index in [1.807, 2.05) is 0 Å². The molecule has 0 aromatic carbocycles. The molecule has 0 aliphatic heterocycles. The average Bonchev–Trinajstić information content (AvgIpc) is 2.74. The molecule has 1 rings (SSSR count). The monoisotopic (exact) mass is 252 g/mol. The summed E-state index contributed by atoms with van der Waals surface area (Å²) in [6.07, 6.45) is 7.70. The first-order valence-corrected chi connectivity index (χ1v) is 6.12. The molecule has 2 atom stereocenters. The number of carbonyl (C=O) groups is 2. The van der Waals surface area contributed by atoms with Gasteiger partial charge in [0.05, 0.1) is 11.5 Å². The maximum absolute atomic E-state index is 11.6. The van der Waals surface area contributed by atoms with Gasteiger partial charge in [0.25, 0.3) is 0 Å². The molecular formula is C13H20N2O3. The zero-order chi connectivity index (χ0) is 13.8. The molecule has 5 nitrogen and oxygen atoms in total. The van der Waals surface area contributed by atoms with E-state index >= 15 is 0 Å². The molecule has 1 aliphatic carbocycles. The molecule has 100 valence electrons. The number of carbonyl (C=O) groups excluding carboxylic acids is 1. The second-order valence-electron chi connectivity index (χ2n) is 5.24. The maximum atomic E-state index is 11.6. The van der Waals surface area contributed by atoms with Gasteiger partial charge in [0.1, 0.15) is 0 Å². The van der Waals surface area contributed by atoms with Crippen LogP contribution in [-0.4, -0.2) is 29.2 Å². The fourth-order valence-electron chi connectivity index (χ4n) is 2.19. The quantitative estimate of drug-likeness (QED) is 0.658. The molecule has 0 aromatic heterocycles. The summed E-state index contributed by atoms with van der Waals surface area (Å²) < 4.78 is 0. The highest BCUT2D eigenvalue weighted by Crippen LogP contribution is 2.31. The van der Waals surface area contributed by atoms with Crippen LogP contribution in [0.15, 0.2) is 0 Å². The Morgan fingerprint density at radius 2 is 2.11 bits per heavy atom. The Morgan fingerprint density at radius 1 is 1.44 bits per heavy atom. The number of rotatable bonds is 4. The predicted octanol–water partition coefficient (Wildman–Crippen LogP) is 1.20. The van der Waals surface area contributed by atoms with E-state index in [2.05, 4.69) is 16.6 Å². The van der Waals surface area contributed by atoms with Crippen LogP contribution in [0.25, 0.3) is 0 Å². The number of nitrogens with one attached hydrogen (secondary N) is 2. The summed E-state index contributed by atoms with van der Waals surface area (Å²) in [5, 5.41) is 14.3. The topological polar surface area (TPSA) is 78.4 Å². The standard InChI is InChI=1S/C13H20N2O3/c1-4-13(2,3)15-12(18)14-8-9-6-5-7-10(9)11(16)17/h1,9-10H,5-8H2,2-3H3,(H,16,17)(H2,14,15,18). The Bertz CT molecular complexity index is 371.